The van der Waals surface area contributed by atoms with Crippen molar-refractivity contribution in [1.29, 1.82) is 0 Å². The SMILES string of the molecule is CCOC(=O)C(F)[C@H](N)c1ccc([N+](=O)[O-])cc1.Cl. The third-order valence-electron chi connectivity index (χ3n) is 2.32. The molecule has 0 bridgehead atoms. The van der Waals surface area contributed by atoms with Gasteiger partial charge in [0.15, 0.2) is 0 Å². The number of nitrogens with two attached hydrogens (primary N) is 1. The minimum absolute atomic E-state index is 0. The molecular formula is C11H14ClFN2O4. The molecule has 1 aromatic rings. The molecule has 0 fully saturated rings. The van der Waals surface area contributed by atoms with E-state index in [1.165, 1.54) is 24.3 Å². The molecule has 0 aromatic heterocycles. The first-order chi connectivity index (χ1) is 8.47. The van der Waals surface area contributed by atoms with Crippen LogP contribution in [0.4, 0.5) is 10.1 Å². The Bertz CT molecular complexity index is 441. The minimum Gasteiger partial charge on any atom is -0.464 e. The molecular weight excluding hydrogens is 279 g/mol. The van der Waals surface area contributed by atoms with Crippen LogP contribution in [0.3, 0.4) is 0 Å². The van der Waals surface area contributed by atoms with Gasteiger partial charge in [0.25, 0.3) is 5.69 Å². The molecule has 0 amide bonds. The first-order valence-electron chi connectivity index (χ1n) is 5.28. The summed E-state index contributed by atoms with van der Waals surface area (Å²) in [6.07, 6.45) is -1.99. The van der Waals surface area contributed by atoms with Crippen LogP contribution >= 0.6 is 12.4 Å². The van der Waals surface area contributed by atoms with E-state index in [1.807, 2.05) is 0 Å². The molecule has 2 atom stereocenters. The summed E-state index contributed by atoms with van der Waals surface area (Å²) in [5.41, 5.74) is 5.72. The maximum absolute atomic E-state index is 13.6. The molecule has 0 radical (unpaired) electrons. The predicted molar refractivity (Wildman–Crippen MR) is 68.8 cm³/mol. The molecule has 0 spiro atoms. The lowest BCUT2D eigenvalue weighted by Gasteiger charge is -2.15. The molecule has 0 aliphatic carbocycles. The zero-order valence-electron chi connectivity index (χ0n) is 10.1. The highest BCUT2D eigenvalue weighted by molar-refractivity contribution is 5.85. The number of halogens is 2. The van der Waals surface area contributed by atoms with Crippen molar-refractivity contribution < 1.29 is 18.8 Å². The molecule has 2 N–H and O–H groups in total. The fourth-order valence-electron chi connectivity index (χ4n) is 1.36. The molecule has 8 heteroatoms. The summed E-state index contributed by atoms with van der Waals surface area (Å²) in [5.74, 6) is -1.04. The van der Waals surface area contributed by atoms with Gasteiger partial charge in [0.2, 0.25) is 6.17 Å². The number of hydrogen-bond acceptors (Lipinski definition) is 5. The molecule has 0 aliphatic rings. The van der Waals surface area contributed by atoms with E-state index < -0.39 is 23.1 Å². The molecule has 6 nitrogen and oxygen atoms in total. The highest BCUT2D eigenvalue weighted by Gasteiger charge is 2.27. The number of hydrogen-bond donors (Lipinski definition) is 1. The number of carbonyl (C=O) groups excluding carboxylic acids is 1. The fourth-order valence-corrected chi connectivity index (χ4v) is 1.36. The summed E-state index contributed by atoms with van der Waals surface area (Å²) >= 11 is 0. The highest BCUT2D eigenvalue weighted by atomic mass is 35.5. The van der Waals surface area contributed by atoms with Gasteiger partial charge < -0.3 is 10.5 Å². The summed E-state index contributed by atoms with van der Waals surface area (Å²) in [6.45, 7) is 1.62. The van der Waals surface area contributed by atoms with Crippen LogP contribution in [0.2, 0.25) is 0 Å². The van der Waals surface area contributed by atoms with Crippen LogP contribution in [-0.2, 0) is 9.53 Å². The van der Waals surface area contributed by atoms with Gasteiger partial charge in [-0.2, -0.15) is 0 Å². The predicted octanol–water partition coefficient (Wildman–Crippen LogP) is 1.92. The Morgan fingerprint density at radius 2 is 2.00 bits per heavy atom. The molecule has 19 heavy (non-hydrogen) atoms. The lowest BCUT2D eigenvalue weighted by atomic mass is 10.0. The Hall–Kier alpha value is -1.73. The van der Waals surface area contributed by atoms with Crippen molar-refractivity contribution in [3.8, 4) is 0 Å². The molecule has 0 saturated carbocycles. The largest absolute Gasteiger partial charge is 0.464 e. The van der Waals surface area contributed by atoms with Crippen molar-refractivity contribution in [2.45, 2.75) is 19.1 Å². The molecule has 1 rings (SSSR count). The number of esters is 1. The Kier molecular flexibility index (Phi) is 6.95. The van der Waals surface area contributed by atoms with Crippen LogP contribution in [-0.4, -0.2) is 23.7 Å². The van der Waals surface area contributed by atoms with Crippen LogP contribution in [0.1, 0.15) is 18.5 Å². The first-order valence-corrected chi connectivity index (χ1v) is 5.28. The third-order valence-corrected chi connectivity index (χ3v) is 2.32. The van der Waals surface area contributed by atoms with E-state index in [1.54, 1.807) is 6.92 Å². The van der Waals surface area contributed by atoms with Crippen LogP contribution in [0, 0.1) is 10.1 Å². The van der Waals surface area contributed by atoms with E-state index in [-0.39, 0.29) is 24.7 Å². The number of nitro benzene ring substituents is 1. The Labute approximate surface area is 115 Å². The third kappa shape index (κ3) is 4.46. The summed E-state index contributed by atoms with van der Waals surface area (Å²) < 4.78 is 18.1. The number of alkyl halides is 1. The first kappa shape index (κ1) is 17.3. The molecule has 1 aromatic carbocycles. The van der Waals surface area contributed by atoms with E-state index in [0.29, 0.717) is 5.56 Å². The standard InChI is InChI=1S/C11H13FN2O4.ClH/c1-2-18-11(15)9(12)10(13)7-3-5-8(6-4-7)14(16)17;/h3-6,9-10H,2,13H2,1H3;1H/t9?,10-;/m1./s1. The topological polar surface area (TPSA) is 95.5 Å². The van der Waals surface area contributed by atoms with Gasteiger partial charge >= 0.3 is 5.97 Å². The second-order valence-electron chi connectivity index (χ2n) is 3.53. The lowest BCUT2D eigenvalue weighted by molar-refractivity contribution is -0.384. The van der Waals surface area contributed by atoms with Crippen molar-refractivity contribution in [3.05, 3.63) is 39.9 Å². The van der Waals surface area contributed by atoms with Gasteiger partial charge in [0, 0.05) is 12.1 Å². The van der Waals surface area contributed by atoms with Gasteiger partial charge in [-0.15, -0.1) is 12.4 Å². The number of non-ortho nitro benzene ring substituents is 1. The van der Waals surface area contributed by atoms with Crippen molar-refractivity contribution in [3.63, 3.8) is 0 Å². The summed E-state index contributed by atoms with van der Waals surface area (Å²) in [5, 5.41) is 10.4. The number of benzene rings is 1. The van der Waals surface area contributed by atoms with Gasteiger partial charge in [-0.25, -0.2) is 9.18 Å². The maximum Gasteiger partial charge on any atom is 0.342 e. The van der Waals surface area contributed by atoms with E-state index in [0.717, 1.165) is 0 Å². The van der Waals surface area contributed by atoms with Crippen LogP contribution in [0.5, 0.6) is 0 Å². The molecule has 0 saturated heterocycles. The zero-order valence-corrected chi connectivity index (χ0v) is 10.9. The minimum atomic E-state index is -1.99. The maximum atomic E-state index is 13.6. The number of rotatable bonds is 5. The van der Waals surface area contributed by atoms with E-state index in [4.69, 9.17) is 5.73 Å². The van der Waals surface area contributed by atoms with Crippen LogP contribution < -0.4 is 5.73 Å². The van der Waals surface area contributed by atoms with Gasteiger partial charge in [0.05, 0.1) is 17.6 Å². The smallest absolute Gasteiger partial charge is 0.342 e. The van der Waals surface area contributed by atoms with Crippen molar-refractivity contribution in [2.24, 2.45) is 5.73 Å². The quantitative estimate of drug-likeness (QED) is 0.508. The zero-order chi connectivity index (χ0) is 13.7. The molecule has 0 aliphatic heterocycles. The number of nitro groups is 1. The van der Waals surface area contributed by atoms with Crippen LogP contribution in [0.25, 0.3) is 0 Å². The summed E-state index contributed by atoms with van der Waals surface area (Å²) in [4.78, 5) is 21.0. The Morgan fingerprint density at radius 1 is 1.47 bits per heavy atom. The molecule has 0 heterocycles. The Morgan fingerprint density at radius 3 is 2.42 bits per heavy atom. The second-order valence-corrected chi connectivity index (χ2v) is 3.53. The average Bonchev–Trinajstić information content (AvgIpc) is 2.37. The molecule has 106 valence electrons. The highest BCUT2D eigenvalue weighted by Crippen LogP contribution is 2.21. The van der Waals surface area contributed by atoms with E-state index >= 15 is 0 Å². The fraction of sp³-hybridized carbons (Fsp3) is 0.364. The van der Waals surface area contributed by atoms with E-state index in [9.17, 15) is 19.3 Å². The number of nitrogens with zero attached hydrogens (tertiary/aromatic N) is 1. The van der Waals surface area contributed by atoms with Gasteiger partial charge in [0.1, 0.15) is 0 Å². The Balaban J connectivity index is 0.00000324. The van der Waals surface area contributed by atoms with Crippen molar-refractivity contribution >= 4 is 24.1 Å². The monoisotopic (exact) mass is 292 g/mol. The summed E-state index contributed by atoms with van der Waals surface area (Å²) in [7, 11) is 0. The second kappa shape index (κ2) is 7.65. The number of ether oxygens (including phenoxy) is 1. The normalized spacial score (nSPS) is 13.0. The van der Waals surface area contributed by atoms with Crippen LogP contribution in [0.15, 0.2) is 24.3 Å². The lowest BCUT2D eigenvalue weighted by Crippen LogP contribution is -2.31. The van der Waals surface area contributed by atoms with Crippen molar-refractivity contribution in [2.75, 3.05) is 6.61 Å². The average molecular weight is 293 g/mol. The van der Waals surface area contributed by atoms with E-state index in [2.05, 4.69) is 4.74 Å². The van der Waals surface area contributed by atoms with Gasteiger partial charge in [-0.1, -0.05) is 12.1 Å². The van der Waals surface area contributed by atoms with Gasteiger partial charge in [-0.3, -0.25) is 10.1 Å². The van der Waals surface area contributed by atoms with Gasteiger partial charge in [-0.05, 0) is 12.5 Å². The summed E-state index contributed by atoms with van der Waals surface area (Å²) in [6, 6.07) is 3.83. The number of carbonyl (C=O) groups is 1. The van der Waals surface area contributed by atoms with Crippen molar-refractivity contribution in [1.82, 2.24) is 0 Å². The molecule has 1 unspecified atom stereocenters.